The van der Waals surface area contributed by atoms with Gasteiger partial charge in [-0.3, -0.25) is 14.3 Å². The molecule has 212 valence electrons. The maximum atomic E-state index is 13.1. The first kappa shape index (κ1) is 27.9. The Morgan fingerprint density at radius 2 is 1.90 bits per heavy atom. The highest BCUT2D eigenvalue weighted by Crippen LogP contribution is 2.40. The van der Waals surface area contributed by atoms with Crippen molar-refractivity contribution in [2.45, 2.75) is 32.2 Å². The normalized spacial score (nSPS) is 11.6. The third kappa shape index (κ3) is 5.40. The van der Waals surface area contributed by atoms with Gasteiger partial charge in [-0.05, 0) is 49.7 Å². The molecule has 0 aliphatic carbocycles. The average molecular weight is 574 g/mol. The first-order valence-electron chi connectivity index (χ1n) is 13.2. The van der Waals surface area contributed by atoms with E-state index < -0.39 is 9.84 Å². The summed E-state index contributed by atoms with van der Waals surface area (Å²) >= 11 is 0. The Balaban J connectivity index is 1.74. The number of rotatable bonds is 9. The third-order valence-electron chi connectivity index (χ3n) is 6.92. The molecule has 1 amide bonds. The summed E-state index contributed by atoms with van der Waals surface area (Å²) in [6.45, 7) is 6.22. The van der Waals surface area contributed by atoms with Crippen molar-refractivity contribution in [2.24, 2.45) is 7.05 Å². The molecule has 0 unspecified atom stereocenters. The van der Waals surface area contributed by atoms with Crippen LogP contribution in [-0.2, 0) is 23.4 Å². The van der Waals surface area contributed by atoms with Crippen LogP contribution in [0, 0.1) is 6.92 Å². The first-order chi connectivity index (χ1) is 19.6. The number of carbonyl (C=O) groups is 1. The molecule has 0 fully saturated rings. The van der Waals surface area contributed by atoms with Crippen molar-refractivity contribution in [3.05, 3.63) is 94.3 Å². The number of carbonyl (C=O) groups excluding carboxylic acids is 1. The highest BCUT2D eigenvalue weighted by Gasteiger charge is 2.22. The summed E-state index contributed by atoms with van der Waals surface area (Å²) in [5.41, 5.74) is 2.92. The molecule has 0 aliphatic rings. The van der Waals surface area contributed by atoms with Gasteiger partial charge in [0.25, 0.3) is 11.5 Å². The number of H-pyrrole nitrogens is 1. The van der Waals surface area contributed by atoms with Crippen LogP contribution in [0.25, 0.3) is 22.0 Å². The molecule has 0 aliphatic heterocycles. The highest BCUT2D eigenvalue weighted by molar-refractivity contribution is 7.91. The molecule has 2 aromatic carbocycles. The van der Waals surface area contributed by atoms with Gasteiger partial charge < -0.3 is 19.6 Å². The number of pyridine rings is 1. The molecule has 11 heteroatoms. The number of amides is 1. The van der Waals surface area contributed by atoms with E-state index in [2.05, 4.69) is 15.4 Å². The molecule has 0 saturated carbocycles. The van der Waals surface area contributed by atoms with E-state index in [1.54, 1.807) is 56.2 Å². The number of benzene rings is 2. The molecule has 0 saturated heterocycles. The minimum absolute atomic E-state index is 0.0768. The zero-order chi connectivity index (χ0) is 29.3. The monoisotopic (exact) mass is 573 g/mol. The lowest BCUT2D eigenvalue weighted by atomic mass is 10.0. The van der Waals surface area contributed by atoms with Crippen LogP contribution in [0.3, 0.4) is 0 Å². The van der Waals surface area contributed by atoms with Crippen LogP contribution in [-0.4, -0.2) is 46.0 Å². The number of aromatic nitrogens is 4. The van der Waals surface area contributed by atoms with E-state index in [0.717, 1.165) is 11.1 Å². The summed E-state index contributed by atoms with van der Waals surface area (Å²) < 4.78 is 35.6. The Kier molecular flexibility index (Phi) is 7.55. The molecule has 10 nitrogen and oxygen atoms in total. The molecule has 0 bridgehead atoms. The minimum atomic E-state index is -3.56. The zero-order valence-corrected chi connectivity index (χ0v) is 24.1. The van der Waals surface area contributed by atoms with Crippen molar-refractivity contribution in [3.8, 4) is 22.6 Å². The quantitative estimate of drug-likeness (QED) is 0.269. The lowest BCUT2D eigenvalue weighted by molar-refractivity contribution is 0.0951. The summed E-state index contributed by atoms with van der Waals surface area (Å²) in [5, 5.41) is 7.53. The number of hydrogen-bond acceptors (Lipinski definition) is 6. The molecule has 5 aromatic rings. The Morgan fingerprint density at radius 1 is 1.10 bits per heavy atom. The summed E-state index contributed by atoms with van der Waals surface area (Å²) in [6.07, 6.45) is 5.20. The number of aryl methyl sites for hydroxylation is 2. The van der Waals surface area contributed by atoms with Crippen molar-refractivity contribution in [3.63, 3.8) is 0 Å². The predicted octanol–water partition coefficient (Wildman–Crippen LogP) is 4.42. The summed E-state index contributed by atoms with van der Waals surface area (Å²) in [6, 6.07) is 14.0. The molecular formula is C30H31N5O5S. The maximum absolute atomic E-state index is 13.1. The van der Waals surface area contributed by atoms with Crippen LogP contribution in [0.4, 0.5) is 0 Å². The van der Waals surface area contributed by atoms with Gasteiger partial charge in [-0.25, -0.2) is 8.42 Å². The fraction of sp³-hybridized carbons (Fsp3) is 0.233. The smallest absolute Gasteiger partial charge is 0.274 e. The molecule has 41 heavy (non-hydrogen) atoms. The number of aromatic amines is 1. The number of sulfone groups is 1. The molecular weight excluding hydrogens is 542 g/mol. The van der Waals surface area contributed by atoms with Crippen molar-refractivity contribution < 1.29 is 17.9 Å². The van der Waals surface area contributed by atoms with Crippen LogP contribution in [0.2, 0.25) is 0 Å². The van der Waals surface area contributed by atoms with Crippen LogP contribution in [0.1, 0.15) is 35.5 Å². The van der Waals surface area contributed by atoms with E-state index in [9.17, 15) is 18.0 Å². The summed E-state index contributed by atoms with van der Waals surface area (Å²) in [7, 11) is -1.96. The number of fused-ring (bicyclic) bond motifs is 1. The summed E-state index contributed by atoms with van der Waals surface area (Å²) in [4.78, 5) is 28.8. The van der Waals surface area contributed by atoms with Gasteiger partial charge in [0.15, 0.2) is 9.84 Å². The van der Waals surface area contributed by atoms with Crippen molar-refractivity contribution >= 4 is 26.6 Å². The van der Waals surface area contributed by atoms with E-state index in [-0.39, 0.29) is 33.3 Å². The Morgan fingerprint density at radius 3 is 2.61 bits per heavy atom. The Hall–Kier alpha value is -4.64. The van der Waals surface area contributed by atoms with Gasteiger partial charge in [-0.1, -0.05) is 25.1 Å². The van der Waals surface area contributed by atoms with E-state index in [1.807, 2.05) is 37.4 Å². The second-order valence-corrected chi connectivity index (χ2v) is 12.0. The van der Waals surface area contributed by atoms with Gasteiger partial charge in [0.2, 0.25) is 0 Å². The number of nitrogens with one attached hydrogen (secondary N) is 2. The molecule has 5 rings (SSSR count). The molecule has 0 radical (unpaired) electrons. The Bertz CT molecular complexity index is 1920. The van der Waals surface area contributed by atoms with Crippen LogP contribution >= 0.6 is 0 Å². The average Bonchev–Trinajstić information content (AvgIpc) is 3.64. The van der Waals surface area contributed by atoms with E-state index in [4.69, 9.17) is 4.74 Å². The lowest BCUT2D eigenvalue weighted by Crippen LogP contribution is -2.23. The van der Waals surface area contributed by atoms with Gasteiger partial charge in [0.1, 0.15) is 22.7 Å². The first-order valence-corrected chi connectivity index (χ1v) is 14.9. The number of hydrogen-bond donors (Lipinski definition) is 2. The largest absolute Gasteiger partial charge is 0.456 e. The van der Waals surface area contributed by atoms with Crippen LogP contribution in [0.5, 0.6) is 11.5 Å². The SMILES string of the molecule is CCNC(=O)c1cc2c(-c3cc(S(=O)(=O)CC)ccc3Oc3c(C)cccc3Cn3cccn3)cn(C)c(=O)c2[nH]1. The standard InChI is InChI=1S/C30H31N5O5S/c1-5-31-29(36)25-16-23-24(18-34(4)30(37)27(23)33-25)22-15-21(41(38,39)6-2)11-12-26(22)40-28-19(3)9-7-10-20(28)17-35-14-8-13-32-35/h7-16,18,33H,5-6,17H2,1-4H3,(H,31,36). The van der Waals surface area contributed by atoms with E-state index in [1.165, 1.54) is 10.6 Å². The zero-order valence-electron chi connectivity index (χ0n) is 23.3. The van der Waals surface area contributed by atoms with E-state index in [0.29, 0.717) is 41.1 Å². The van der Waals surface area contributed by atoms with Gasteiger partial charge in [-0.15, -0.1) is 0 Å². The number of para-hydroxylation sites is 1. The topological polar surface area (TPSA) is 128 Å². The van der Waals surface area contributed by atoms with Crippen LogP contribution < -0.4 is 15.6 Å². The Labute approximate surface area is 237 Å². The molecule has 0 atom stereocenters. The van der Waals surface area contributed by atoms with Gasteiger partial charge in [-0.2, -0.15) is 5.10 Å². The van der Waals surface area contributed by atoms with Gasteiger partial charge >= 0.3 is 0 Å². The second kappa shape index (κ2) is 11.1. The molecule has 0 spiro atoms. The van der Waals surface area contributed by atoms with Gasteiger partial charge in [0, 0.05) is 54.3 Å². The highest BCUT2D eigenvalue weighted by atomic mass is 32.2. The maximum Gasteiger partial charge on any atom is 0.274 e. The van der Waals surface area contributed by atoms with Gasteiger partial charge in [0.05, 0.1) is 17.2 Å². The van der Waals surface area contributed by atoms with Crippen molar-refractivity contribution in [1.82, 2.24) is 24.6 Å². The molecule has 3 aromatic heterocycles. The number of ether oxygens (including phenoxy) is 1. The summed E-state index contributed by atoms with van der Waals surface area (Å²) in [5.74, 6) is 0.594. The van der Waals surface area contributed by atoms with Crippen molar-refractivity contribution in [2.75, 3.05) is 12.3 Å². The third-order valence-corrected chi connectivity index (χ3v) is 8.66. The number of nitrogens with zero attached hydrogens (tertiary/aromatic N) is 3. The van der Waals surface area contributed by atoms with Crippen LogP contribution in [0.15, 0.2) is 76.8 Å². The fourth-order valence-corrected chi connectivity index (χ4v) is 5.66. The second-order valence-electron chi connectivity index (χ2n) is 9.72. The molecule has 3 heterocycles. The lowest BCUT2D eigenvalue weighted by Gasteiger charge is -2.18. The predicted molar refractivity (Wildman–Crippen MR) is 157 cm³/mol. The van der Waals surface area contributed by atoms with E-state index >= 15 is 0 Å². The minimum Gasteiger partial charge on any atom is -0.456 e. The fourth-order valence-electron chi connectivity index (χ4n) is 4.76. The van der Waals surface area contributed by atoms with Crippen molar-refractivity contribution in [1.29, 1.82) is 0 Å². The molecule has 2 N–H and O–H groups in total.